The number of nitrogens with zero attached hydrogens (tertiary/aromatic N) is 2. The first-order chi connectivity index (χ1) is 18.1. The number of hydrogen-bond donors (Lipinski definition) is 0. The zero-order chi connectivity index (χ0) is 27.0. The molecule has 1 saturated heterocycles. The van der Waals surface area contributed by atoms with E-state index in [2.05, 4.69) is 11.0 Å². The summed E-state index contributed by atoms with van der Waals surface area (Å²) in [5, 5.41) is 1.03. The molecule has 0 spiro atoms. The lowest BCUT2D eigenvalue weighted by Gasteiger charge is -2.36. The van der Waals surface area contributed by atoms with Crippen LogP contribution in [0.3, 0.4) is 0 Å². The Hall–Kier alpha value is -2.09. The van der Waals surface area contributed by atoms with Gasteiger partial charge in [0.1, 0.15) is 0 Å². The highest BCUT2D eigenvalue weighted by Gasteiger charge is 2.39. The predicted octanol–water partition coefficient (Wildman–Crippen LogP) is 7.00. The van der Waals surface area contributed by atoms with Gasteiger partial charge in [-0.05, 0) is 85.8 Å². The summed E-state index contributed by atoms with van der Waals surface area (Å²) in [6, 6.07) is 20.9. The second-order valence-corrected chi connectivity index (χ2v) is 13.2. The van der Waals surface area contributed by atoms with Crippen molar-refractivity contribution < 1.29 is 13.2 Å². The average Bonchev–Trinajstić information content (AvgIpc) is 3.16. The normalized spacial score (nSPS) is 19.0. The monoisotopic (exact) mass is 606 g/mol. The fraction of sp³-hybridized carbons (Fsp3) is 0.367. The van der Waals surface area contributed by atoms with E-state index in [1.165, 1.54) is 6.26 Å². The molecule has 2 heterocycles. The summed E-state index contributed by atoms with van der Waals surface area (Å²) in [7, 11) is -1.39. The second kappa shape index (κ2) is 12.2. The van der Waals surface area contributed by atoms with Crippen LogP contribution < -0.4 is 0 Å². The summed E-state index contributed by atoms with van der Waals surface area (Å²) in [4.78, 5) is 17.8. The van der Waals surface area contributed by atoms with E-state index in [1.807, 2.05) is 60.5 Å². The molecule has 0 bridgehead atoms. The van der Waals surface area contributed by atoms with E-state index in [9.17, 15) is 13.2 Å². The van der Waals surface area contributed by atoms with Gasteiger partial charge >= 0.3 is 0 Å². The number of benzene rings is 3. The van der Waals surface area contributed by atoms with Crippen LogP contribution in [0.1, 0.15) is 64.2 Å². The molecule has 9 heteroatoms. The summed E-state index contributed by atoms with van der Waals surface area (Å²) in [5.41, 5.74) is 3.81. The molecular formula is C30H33Cl3N2O3S. The molecule has 5 rings (SSSR count). The summed E-state index contributed by atoms with van der Waals surface area (Å²) >= 11 is 12.7. The van der Waals surface area contributed by atoms with Gasteiger partial charge in [0.2, 0.25) is 0 Å². The first-order valence-electron chi connectivity index (χ1n) is 13.0. The number of hydrogen-bond acceptors (Lipinski definition) is 4. The highest BCUT2D eigenvalue weighted by atomic mass is 35.5. The van der Waals surface area contributed by atoms with Gasteiger partial charge in [-0.25, -0.2) is 8.42 Å². The lowest BCUT2D eigenvalue weighted by Crippen LogP contribution is -2.36. The van der Waals surface area contributed by atoms with Crippen molar-refractivity contribution in [2.45, 2.75) is 42.0 Å². The van der Waals surface area contributed by atoms with Crippen LogP contribution in [-0.2, 0) is 9.84 Å². The Bertz CT molecular complexity index is 1460. The van der Waals surface area contributed by atoms with E-state index < -0.39 is 9.84 Å². The molecule has 0 N–H and O–H groups in total. The Kier molecular flexibility index (Phi) is 9.34. The van der Waals surface area contributed by atoms with Gasteiger partial charge in [-0.3, -0.25) is 4.79 Å². The third kappa shape index (κ3) is 6.15. The molecule has 3 aromatic carbocycles. The number of carbonyl (C=O) groups is 1. The van der Waals surface area contributed by atoms with Gasteiger partial charge in [0.05, 0.1) is 21.0 Å². The first-order valence-corrected chi connectivity index (χ1v) is 15.6. The Morgan fingerprint density at radius 3 is 2.23 bits per heavy atom. The van der Waals surface area contributed by atoms with Gasteiger partial charge in [0.25, 0.3) is 5.91 Å². The van der Waals surface area contributed by atoms with E-state index >= 15 is 0 Å². The van der Waals surface area contributed by atoms with Gasteiger partial charge < -0.3 is 9.80 Å². The largest absolute Gasteiger partial charge is 0.334 e. The van der Waals surface area contributed by atoms with E-state index in [-0.39, 0.29) is 36.2 Å². The molecule has 0 radical (unpaired) electrons. The van der Waals surface area contributed by atoms with Crippen molar-refractivity contribution in [1.29, 1.82) is 0 Å². The smallest absolute Gasteiger partial charge is 0.254 e. The Morgan fingerprint density at radius 2 is 1.56 bits per heavy atom. The molecule has 0 saturated carbocycles. The SMILES string of the molecule is CN1C(=O)c2ccccc2[C@H]1C(CCN1CCC(c2ccccc2S(C)(=O)=O)CC1)c1ccc(Cl)c(Cl)c1.Cl. The number of amides is 1. The minimum absolute atomic E-state index is 0. The van der Waals surface area contributed by atoms with Gasteiger partial charge in [-0.1, -0.05) is 65.7 Å². The molecule has 2 aliphatic heterocycles. The molecule has 2 aliphatic rings. The minimum atomic E-state index is -3.26. The Labute approximate surface area is 247 Å². The maximum absolute atomic E-state index is 13.1. The van der Waals surface area contributed by atoms with E-state index in [0.29, 0.717) is 14.9 Å². The number of carbonyl (C=O) groups excluding carboxylic acids is 1. The first kappa shape index (κ1) is 29.9. The summed E-state index contributed by atoms with van der Waals surface area (Å²) in [6.07, 6.45) is 3.95. The average molecular weight is 608 g/mol. The summed E-state index contributed by atoms with van der Waals surface area (Å²) in [6.45, 7) is 2.66. The number of sulfone groups is 1. The van der Waals surface area contributed by atoms with Crippen molar-refractivity contribution >= 4 is 51.4 Å². The molecule has 1 unspecified atom stereocenters. The number of fused-ring (bicyclic) bond motifs is 1. The molecule has 1 fully saturated rings. The van der Waals surface area contributed by atoms with Crippen molar-refractivity contribution in [2.24, 2.45) is 0 Å². The molecule has 0 aliphatic carbocycles. The van der Waals surface area contributed by atoms with E-state index in [4.69, 9.17) is 23.2 Å². The van der Waals surface area contributed by atoms with Crippen LogP contribution in [0.5, 0.6) is 0 Å². The highest BCUT2D eigenvalue weighted by molar-refractivity contribution is 7.90. The zero-order valence-corrected chi connectivity index (χ0v) is 25.2. The van der Waals surface area contributed by atoms with Crippen LogP contribution in [-0.4, -0.2) is 57.1 Å². The second-order valence-electron chi connectivity index (χ2n) is 10.4. The zero-order valence-electron chi connectivity index (χ0n) is 22.0. The summed E-state index contributed by atoms with van der Waals surface area (Å²) < 4.78 is 24.6. The Morgan fingerprint density at radius 1 is 0.923 bits per heavy atom. The maximum Gasteiger partial charge on any atom is 0.254 e. The topological polar surface area (TPSA) is 57.7 Å². The fourth-order valence-corrected chi connectivity index (χ4v) is 7.45. The van der Waals surface area contributed by atoms with Gasteiger partial charge in [-0.15, -0.1) is 12.4 Å². The lowest BCUT2D eigenvalue weighted by molar-refractivity contribution is 0.0746. The number of likely N-dealkylation sites (N-methyl/N-ethyl adjacent to an activating group) is 1. The Balaban J connectivity index is 0.00000353. The lowest BCUT2D eigenvalue weighted by atomic mass is 9.84. The van der Waals surface area contributed by atoms with Crippen LogP contribution in [0.4, 0.5) is 0 Å². The molecule has 39 heavy (non-hydrogen) atoms. The predicted molar refractivity (Wildman–Crippen MR) is 160 cm³/mol. The fourth-order valence-electron chi connectivity index (χ4n) is 6.16. The standard InChI is InChI=1S/C30H32Cl2N2O3S.ClH/c1-33-29(24-8-3-4-9-25(24)30(33)35)23(21-11-12-26(31)27(32)19-21)15-18-34-16-13-20(14-17-34)22-7-5-6-10-28(22)38(2,36)37;/h3-12,19-20,23,29H,13-18H2,1-2H3;1H/t23?,29-;/m1./s1. The molecule has 2 atom stereocenters. The van der Waals surface area contributed by atoms with Crippen molar-refractivity contribution in [1.82, 2.24) is 9.80 Å². The third-order valence-corrected chi connectivity index (χ3v) is 10.0. The quantitative estimate of drug-likeness (QED) is 0.290. The van der Waals surface area contributed by atoms with Crippen LogP contribution in [0, 0.1) is 0 Å². The molecule has 3 aromatic rings. The van der Waals surface area contributed by atoms with Gasteiger partial charge in [-0.2, -0.15) is 0 Å². The van der Waals surface area contributed by atoms with E-state index in [1.54, 1.807) is 12.1 Å². The van der Waals surface area contributed by atoms with Crippen LogP contribution in [0.25, 0.3) is 0 Å². The third-order valence-electron chi connectivity index (χ3n) is 8.10. The van der Waals surface area contributed by atoms with Crippen molar-refractivity contribution in [3.8, 4) is 0 Å². The van der Waals surface area contributed by atoms with Crippen molar-refractivity contribution in [3.63, 3.8) is 0 Å². The summed E-state index contributed by atoms with van der Waals surface area (Å²) in [5.74, 6) is 0.320. The maximum atomic E-state index is 13.1. The van der Waals surface area contributed by atoms with Gasteiger partial charge in [0, 0.05) is 24.8 Å². The molecular weight excluding hydrogens is 575 g/mol. The van der Waals surface area contributed by atoms with Crippen molar-refractivity contribution in [2.75, 3.05) is 32.9 Å². The number of piperidine rings is 1. The minimum Gasteiger partial charge on any atom is -0.334 e. The van der Waals surface area contributed by atoms with E-state index in [0.717, 1.165) is 61.2 Å². The van der Waals surface area contributed by atoms with Gasteiger partial charge in [0.15, 0.2) is 9.84 Å². The molecule has 0 aromatic heterocycles. The number of likely N-dealkylation sites (tertiary alicyclic amines) is 1. The number of rotatable bonds is 7. The molecule has 5 nitrogen and oxygen atoms in total. The van der Waals surface area contributed by atoms with Crippen LogP contribution >= 0.6 is 35.6 Å². The highest BCUT2D eigenvalue weighted by Crippen LogP contribution is 2.45. The molecule has 208 valence electrons. The van der Waals surface area contributed by atoms with Crippen LogP contribution in [0.15, 0.2) is 71.6 Å². The van der Waals surface area contributed by atoms with Crippen molar-refractivity contribution in [3.05, 3.63) is 99.0 Å². The molecule has 1 amide bonds. The number of halogens is 3. The van der Waals surface area contributed by atoms with Crippen LogP contribution in [0.2, 0.25) is 10.0 Å².